The topological polar surface area (TPSA) is 65.5 Å². The predicted octanol–water partition coefficient (Wildman–Crippen LogP) is 2.29. The summed E-state index contributed by atoms with van der Waals surface area (Å²) in [5.74, 6) is 1.52. The van der Waals surface area contributed by atoms with E-state index in [9.17, 15) is 4.79 Å². The number of amides is 1. The third-order valence-electron chi connectivity index (χ3n) is 3.45. The number of hydrogen-bond donors (Lipinski definition) is 3. The van der Waals surface area contributed by atoms with Gasteiger partial charge in [0.05, 0.1) is 0 Å². The monoisotopic (exact) mass is 318 g/mol. The lowest BCUT2D eigenvalue weighted by Gasteiger charge is -2.12. The maximum atomic E-state index is 11.8. The number of benzene rings is 1. The Bertz CT molecular complexity index is 471. The van der Waals surface area contributed by atoms with Crippen molar-refractivity contribution in [3.8, 4) is 0 Å². The molecule has 3 N–H and O–H groups in total. The highest BCUT2D eigenvalue weighted by atomic mass is 16.1. The molecule has 1 rings (SSSR count). The normalized spacial score (nSPS) is 11.4. The number of guanidine groups is 1. The van der Waals surface area contributed by atoms with Gasteiger partial charge in [-0.3, -0.25) is 9.79 Å². The number of carbonyl (C=O) groups excluding carboxylic acids is 1. The van der Waals surface area contributed by atoms with E-state index in [1.165, 1.54) is 6.42 Å². The number of nitrogens with zero attached hydrogens (tertiary/aromatic N) is 1. The van der Waals surface area contributed by atoms with Crippen LogP contribution in [0.3, 0.4) is 0 Å². The lowest BCUT2D eigenvalue weighted by atomic mass is 10.1. The van der Waals surface area contributed by atoms with Crippen LogP contribution in [0.25, 0.3) is 0 Å². The van der Waals surface area contributed by atoms with Crippen LogP contribution in [-0.4, -0.2) is 32.0 Å². The zero-order valence-electron chi connectivity index (χ0n) is 14.6. The van der Waals surface area contributed by atoms with Gasteiger partial charge in [0.15, 0.2) is 5.96 Å². The number of rotatable bonds is 9. The molecule has 0 radical (unpaired) electrons. The first-order valence-corrected chi connectivity index (χ1v) is 8.37. The van der Waals surface area contributed by atoms with Gasteiger partial charge in [-0.05, 0) is 24.3 Å². The van der Waals surface area contributed by atoms with Gasteiger partial charge in [0, 0.05) is 33.1 Å². The van der Waals surface area contributed by atoms with E-state index in [1.54, 1.807) is 7.05 Å². The van der Waals surface area contributed by atoms with E-state index >= 15 is 0 Å². The molecule has 0 aliphatic rings. The number of hydrogen-bond acceptors (Lipinski definition) is 2. The first-order valence-electron chi connectivity index (χ1n) is 8.37. The van der Waals surface area contributed by atoms with E-state index in [4.69, 9.17) is 0 Å². The van der Waals surface area contributed by atoms with Gasteiger partial charge in [0.25, 0.3) is 0 Å². The predicted molar refractivity (Wildman–Crippen MR) is 96.3 cm³/mol. The van der Waals surface area contributed by atoms with Gasteiger partial charge in [-0.2, -0.15) is 0 Å². The summed E-state index contributed by atoms with van der Waals surface area (Å²) in [7, 11) is 1.74. The average Bonchev–Trinajstić information content (AvgIpc) is 2.56. The minimum absolute atomic E-state index is 0.0385. The summed E-state index contributed by atoms with van der Waals surface area (Å²) in [6, 6.07) is 9.91. The maximum absolute atomic E-state index is 11.8. The Kier molecular flexibility index (Phi) is 9.52. The summed E-state index contributed by atoms with van der Waals surface area (Å²) in [6.45, 7) is 6.49. The van der Waals surface area contributed by atoms with Crippen LogP contribution in [0.4, 0.5) is 0 Å². The van der Waals surface area contributed by atoms with Crippen molar-refractivity contribution in [1.82, 2.24) is 16.0 Å². The van der Waals surface area contributed by atoms with Gasteiger partial charge in [-0.1, -0.05) is 44.2 Å². The Morgan fingerprint density at radius 1 is 1.09 bits per heavy atom. The molecule has 0 aliphatic carbocycles. The third-order valence-corrected chi connectivity index (χ3v) is 3.45. The zero-order chi connectivity index (χ0) is 16.9. The minimum atomic E-state index is 0.0385. The Morgan fingerprint density at radius 3 is 2.43 bits per heavy atom. The second kappa shape index (κ2) is 11.5. The Labute approximate surface area is 140 Å². The van der Waals surface area contributed by atoms with E-state index in [-0.39, 0.29) is 5.91 Å². The van der Waals surface area contributed by atoms with Crippen LogP contribution in [0, 0.1) is 5.92 Å². The summed E-state index contributed by atoms with van der Waals surface area (Å²) in [5, 5.41) is 9.34. The molecule has 1 aromatic carbocycles. The van der Waals surface area contributed by atoms with Gasteiger partial charge < -0.3 is 16.0 Å². The van der Waals surface area contributed by atoms with Gasteiger partial charge in [-0.15, -0.1) is 0 Å². The van der Waals surface area contributed by atoms with Gasteiger partial charge in [-0.25, -0.2) is 0 Å². The van der Waals surface area contributed by atoms with Crippen molar-refractivity contribution in [3.63, 3.8) is 0 Å². The molecule has 0 saturated carbocycles. The summed E-state index contributed by atoms with van der Waals surface area (Å²) < 4.78 is 0. The highest BCUT2D eigenvalue weighted by Gasteiger charge is 2.03. The van der Waals surface area contributed by atoms with Gasteiger partial charge in [0.1, 0.15) is 0 Å². The van der Waals surface area contributed by atoms with Crippen LogP contribution in [0.5, 0.6) is 0 Å². The molecule has 0 atom stereocenters. The Hall–Kier alpha value is -2.04. The van der Waals surface area contributed by atoms with E-state index in [1.807, 2.05) is 30.3 Å². The summed E-state index contributed by atoms with van der Waals surface area (Å²) in [6.07, 6.45) is 2.75. The molecule has 1 amide bonds. The fourth-order valence-corrected chi connectivity index (χ4v) is 2.12. The maximum Gasteiger partial charge on any atom is 0.222 e. The zero-order valence-corrected chi connectivity index (χ0v) is 14.6. The quantitative estimate of drug-likeness (QED) is 0.372. The summed E-state index contributed by atoms with van der Waals surface area (Å²) >= 11 is 0. The summed E-state index contributed by atoms with van der Waals surface area (Å²) in [4.78, 5) is 16.0. The molecule has 0 aliphatic heterocycles. The second-order valence-corrected chi connectivity index (χ2v) is 5.97. The van der Waals surface area contributed by atoms with Crippen molar-refractivity contribution >= 4 is 11.9 Å². The standard InChI is InChI=1S/C18H30N4O/c1-15(2)8-7-12-20-18(19-3)21-13-11-17(23)22-14-16-9-5-4-6-10-16/h4-6,9-10,15H,7-8,11-14H2,1-3H3,(H,22,23)(H2,19,20,21). The fraction of sp³-hybridized carbons (Fsp3) is 0.556. The molecule has 0 bridgehead atoms. The highest BCUT2D eigenvalue weighted by Crippen LogP contribution is 2.01. The molecule has 0 heterocycles. The number of nitrogens with one attached hydrogen (secondary N) is 3. The second-order valence-electron chi connectivity index (χ2n) is 5.97. The Morgan fingerprint density at radius 2 is 1.78 bits per heavy atom. The lowest BCUT2D eigenvalue weighted by Crippen LogP contribution is -2.39. The van der Waals surface area contributed by atoms with E-state index < -0.39 is 0 Å². The molecule has 5 nitrogen and oxygen atoms in total. The molecule has 0 spiro atoms. The van der Waals surface area contributed by atoms with Crippen molar-refractivity contribution in [3.05, 3.63) is 35.9 Å². The molecule has 0 fully saturated rings. The third kappa shape index (κ3) is 9.55. The molecule has 5 heteroatoms. The smallest absolute Gasteiger partial charge is 0.222 e. The molecular formula is C18H30N4O. The number of carbonyl (C=O) groups is 1. The fourth-order valence-electron chi connectivity index (χ4n) is 2.12. The molecule has 1 aromatic rings. The van der Waals surface area contributed by atoms with Crippen LogP contribution >= 0.6 is 0 Å². The number of aliphatic imine (C=N–C) groups is 1. The van der Waals surface area contributed by atoms with Crippen molar-refractivity contribution in [2.45, 2.75) is 39.7 Å². The van der Waals surface area contributed by atoms with Crippen molar-refractivity contribution in [2.75, 3.05) is 20.1 Å². The molecular weight excluding hydrogens is 288 g/mol. The SMILES string of the molecule is CN=C(NCCCC(C)C)NCCC(=O)NCc1ccccc1. The molecule has 128 valence electrons. The van der Waals surface area contributed by atoms with Crippen LogP contribution in [0.15, 0.2) is 35.3 Å². The molecule has 23 heavy (non-hydrogen) atoms. The van der Waals surface area contributed by atoms with Crippen LogP contribution in [0.2, 0.25) is 0 Å². The first-order chi connectivity index (χ1) is 11.1. The Balaban J connectivity index is 2.12. The van der Waals surface area contributed by atoms with Crippen LogP contribution in [-0.2, 0) is 11.3 Å². The summed E-state index contributed by atoms with van der Waals surface area (Å²) in [5.41, 5.74) is 1.11. The van der Waals surface area contributed by atoms with Crippen molar-refractivity contribution in [2.24, 2.45) is 10.9 Å². The van der Waals surface area contributed by atoms with Crippen LogP contribution < -0.4 is 16.0 Å². The minimum Gasteiger partial charge on any atom is -0.356 e. The average molecular weight is 318 g/mol. The van der Waals surface area contributed by atoms with Crippen LogP contribution in [0.1, 0.15) is 38.7 Å². The van der Waals surface area contributed by atoms with Crippen molar-refractivity contribution < 1.29 is 4.79 Å². The highest BCUT2D eigenvalue weighted by molar-refractivity contribution is 5.81. The lowest BCUT2D eigenvalue weighted by molar-refractivity contribution is -0.121. The molecule has 0 aromatic heterocycles. The van der Waals surface area contributed by atoms with E-state index in [0.29, 0.717) is 19.5 Å². The van der Waals surface area contributed by atoms with Crippen molar-refractivity contribution in [1.29, 1.82) is 0 Å². The van der Waals surface area contributed by atoms with E-state index in [0.717, 1.165) is 30.4 Å². The molecule has 0 saturated heterocycles. The largest absolute Gasteiger partial charge is 0.356 e. The van der Waals surface area contributed by atoms with E-state index in [2.05, 4.69) is 34.8 Å². The molecule has 0 unspecified atom stereocenters. The first kappa shape index (κ1) is 19.0. The van der Waals surface area contributed by atoms with Gasteiger partial charge >= 0.3 is 0 Å². The van der Waals surface area contributed by atoms with Gasteiger partial charge in [0.2, 0.25) is 5.91 Å².